The molecule has 1 aliphatic rings. The fraction of sp³-hybridized carbons (Fsp3) is 0.379. The van der Waals surface area contributed by atoms with Crippen LogP contribution in [0.3, 0.4) is 0 Å². The smallest absolute Gasteiger partial charge is 0.273 e. The van der Waals surface area contributed by atoms with E-state index in [1.807, 2.05) is 44.2 Å². The Labute approximate surface area is 257 Å². The van der Waals surface area contributed by atoms with E-state index in [1.54, 1.807) is 5.38 Å². The fourth-order valence-corrected chi connectivity index (χ4v) is 5.60. The molecule has 4 heterocycles. The van der Waals surface area contributed by atoms with E-state index in [4.69, 9.17) is 4.42 Å². The maximum atomic E-state index is 13.4. The molecule has 0 saturated heterocycles. The molecule has 44 heavy (non-hydrogen) atoms. The molecule has 4 aromatic rings. The molecule has 3 N–H and O–H groups in total. The summed E-state index contributed by atoms with van der Waals surface area (Å²) in [5.74, 6) is -1.36. The number of nitrogens with one attached hydrogen (secondary N) is 3. The van der Waals surface area contributed by atoms with Gasteiger partial charge in [0.2, 0.25) is 17.7 Å². The van der Waals surface area contributed by atoms with Crippen molar-refractivity contribution in [3.05, 3.63) is 82.5 Å². The van der Waals surface area contributed by atoms with Crippen LogP contribution in [0.2, 0.25) is 0 Å². The van der Waals surface area contributed by atoms with E-state index in [0.29, 0.717) is 17.8 Å². The zero-order chi connectivity index (χ0) is 31.1. The number of benzene rings is 1. The summed E-state index contributed by atoms with van der Waals surface area (Å²) in [7, 11) is 0. The van der Waals surface area contributed by atoms with Gasteiger partial charge in [-0.15, -0.1) is 21.5 Å². The first kappa shape index (κ1) is 30.5. The first-order chi connectivity index (χ1) is 21.2. The lowest BCUT2D eigenvalue weighted by Gasteiger charge is -2.24. The number of hydrogen-bond acceptors (Lipinski definition) is 10. The van der Waals surface area contributed by atoms with Crippen LogP contribution in [0.1, 0.15) is 69.8 Å². The molecule has 15 heteroatoms. The van der Waals surface area contributed by atoms with Crippen LogP contribution in [-0.4, -0.2) is 72.9 Å². The number of amides is 4. The second-order valence-electron chi connectivity index (χ2n) is 10.8. The van der Waals surface area contributed by atoms with Gasteiger partial charge in [0.05, 0.1) is 12.6 Å². The molecule has 230 valence electrons. The van der Waals surface area contributed by atoms with Crippen molar-refractivity contribution in [2.45, 2.75) is 45.3 Å². The van der Waals surface area contributed by atoms with E-state index in [-0.39, 0.29) is 55.3 Å². The zero-order valence-corrected chi connectivity index (χ0v) is 25.1. The zero-order valence-electron chi connectivity index (χ0n) is 24.3. The average molecular weight is 620 g/mol. The number of rotatable bonds is 6. The molecule has 4 bridgehead atoms. The first-order valence-corrected chi connectivity index (χ1v) is 15.1. The monoisotopic (exact) mass is 619 g/mol. The number of carbonyl (C=O) groups excluding carboxylic acids is 4. The highest BCUT2D eigenvalue weighted by atomic mass is 32.1. The second-order valence-corrected chi connectivity index (χ2v) is 11.7. The summed E-state index contributed by atoms with van der Waals surface area (Å²) in [5, 5.41) is 18.3. The molecular formula is C29H33N9O5S. The Kier molecular flexibility index (Phi) is 9.74. The number of nitrogens with zero attached hydrogens (tertiary/aromatic N) is 6. The van der Waals surface area contributed by atoms with Crippen LogP contribution in [0.15, 0.2) is 59.0 Å². The normalized spacial score (nSPS) is 18.2. The van der Waals surface area contributed by atoms with Crippen molar-refractivity contribution in [3.8, 4) is 0 Å². The standard InChI is InChI=1S/C29H33N9O5S/c1-18(2)10-21-29-36-23(15-44-29)26(41)30-8-9-38(25(40)13-37-16-31-32-17-37)12-24(39)33-20(11-19-6-4-3-5-7-19)28-35-22(14-43-28)27(42)34-21/h3-7,14-18,20-21H,8-13H2,1-2H3,(H,30,41)(H,33,39)(H,34,42)/t20-,21-/m0/s1. The van der Waals surface area contributed by atoms with E-state index >= 15 is 0 Å². The quantitative estimate of drug-likeness (QED) is 0.291. The van der Waals surface area contributed by atoms with E-state index in [0.717, 1.165) is 5.56 Å². The Morgan fingerprint density at radius 3 is 2.55 bits per heavy atom. The van der Waals surface area contributed by atoms with Gasteiger partial charge in [0.1, 0.15) is 42.2 Å². The lowest BCUT2D eigenvalue weighted by Crippen LogP contribution is -2.46. The predicted octanol–water partition coefficient (Wildman–Crippen LogP) is 1.91. The summed E-state index contributed by atoms with van der Waals surface area (Å²) in [6.07, 6.45) is 4.98. The van der Waals surface area contributed by atoms with Gasteiger partial charge < -0.3 is 29.8 Å². The van der Waals surface area contributed by atoms with Gasteiger partial charge in [-0.1, -0.05) is 44.2 Å². The molecule has 4 amide bonds. The number of aromatic nitrogens is 5. The molecule has 0 spiro atoms. The molecule has 3 aromatic heterocycles. The van der Waals surface area contributed by atoms with Gasteiger partial charge in [0.15, 0.2) is 5.69 Å². The van der Waals surface area contributed by atoms with Crippen LogP contribution in [-0.2, 0) is 22.6 Å². The maximum absolute atomic E-state index is 13.4. The van der Waals surface area contributed by atoms with E-state index in [9.17, 15) is 19.2 Å². The minimum Gasteiger partial charge on any atom is -0.446 e. The predicted molar refractivity (Wildman–Crippen MR) is 158 cm³/mol. The summed E-state index contributed by atoms with van der Waals surface area (Å²) >= 11 is 1.27. The fourth-order valence-electron chi connectivity index (χ4n) is 4.74. The highest BCUT2D eigenvalue weighted by molar-refractivity contribution is 7.09. The maximum Gasteiger partial charge on any atom is 0.273 e. The largest absolute Gasteiger partial charge is 0.446 e. The Balaban J connectivity index is 1.46. The van der Waals surface area contributed by atoms with Crippen molar-refractivity contribution in [2.75, 3.05) is 19.6 Å². The molecule has 1 aliphatic heterocycles. The van der Waals surface area contributed by atoms with Crippen molar-refractivity contribution in [1.29, 1.82) is 0 Å². The Morgan fingerprint density at radius 2 is 1.80 bits per heavy atom. The van der Waals surface area contributed by atoms with Crippen molar-refractivity contribution >= 4 is 35.0 Å². The van der Waals surface area contributed by atoms with Crippen LogP contribution in [0, 0.1) is 5.92 Å². The van der Waals surface area contributed by atoms with Crippen LogP contribution in [0.5, 0.6) is 0 Å². The summed E-state index contributed by atoms with van der Waals surface area (Å²) in [4.78, 5) is 63.1. The molecule has 5 rings (SSSR count). The molecule has 0 unspecified atom stereocenters. The van der Waals surface area contributed by atoms with Crippen molar-refractivity contribution in [2.24, 2.45) is 5.92 Å². The molecular weight excluding hydrogens is 586 g/mol. The highest BCUT2D eigenvalue weighted by Gasteiger charge is 2.27. The van der Waals surface area contributed by atoms with Gasteiger partial charge in [-0.25, -0.2) is 9.97 Å². The minimum absolute atomic E-state index is 0.0439. The van der Waals surface area contributed by atoms with E-state index < -0.39 is 29.8 Å². The third-order valence-electron chi connectivity index (χ3n) is 6.87. The van der Waals surface area contributed by atoms with Crippen molar-refractivity contribution in [1.82, 2.24) is 45.6 Å². The van der Waals surface area contributed by atoms with Crippen LogP contribution >= 0.6 is 11.3 Å². The molecule has 0 saturated carbocycles. The summed E-state index contributed by atoms with van der Waals surface area (Å²) in [6, 6.07) is 8.27. The highest BCUT2D eigenvalue weighted by Crippen LogP contribution is 2.26. The van der Waals surface area contributed by atoms with Gasteiger partial charge in [0.25, 0.3) is 11.8 Å². The van der Waals surface area contributed by atoms with Crippen molar-refractivity contribution in [3.63, 3.8) is 0 Å². The number of fused-ring (bicyclic) bond motifs is 4. The van der Waals surface area contributed by atoms with E-state index in [2.05, 4.69) is 36.1 Å². The Bertz CT molecular complexity index is 1590. The molecule has 0 aliphatic carbocycles. The van der Waals surface area contributed by atoms with Gasteiger partial charge in [-0.2, -0.15) is 0 Å². The first-order valence-electron chi connectivity index (χ1n) is 14.2. The third-order valence-corrected chi connectivity index (χ3v) is 7.83. The SMILES string of the molecule is CC(C)C[C@@H]1NC(=O)c2coc(n2)[C@H](Cc2ccccc2)NC(=O)CN(C(=O)Cn2cnnc2)CCNC(=O)c2csc1n2. The van der Waals surface area contributed by atoms with Gasteiger partial charge >= 0.3 is 0 Å². The second kappa shape index (κ2) is 14.0. The minimum atomic E-state index is -0.729. The number of hydrogen-bond donors (Lipinski definition) is 3. The molecule has 0 radical (unpaired) electrons. The Hall–Kier alpha value is -4.92. The molecule has 0 fully saturated rings. The third kappa shape index (κ3) is 7.92. The van der Waals surface area contributed by atoms with E-state index in [1.165, 1.54) is 39.7 Å². The number of carbonyl (C=O) groups is 4. The lowest BCUT2D eigenvalue weighted by molar-refractivity contribution is -0.136. The summed E-state index contributed by atoms with van der Waals surface area (Å²) in [5.41, 5.74) is 1.15. The Morgan fingerprint density at radius 1 is 1.02 bits per heavy atom. The van der Waals surface area contributed by atoms with Gasteiger partial charge in [-0.05, 0) is 17.9 Å². The lowest BCUT2D eigenvalue weighted by atomic mass is 10.0. The van der Waals surface area contributed by atoms with Crippen LogP contribution < -0.4 is 16.0 Å². The summed E-state index contributed by atoms with van der Waals surface area (Å²) in [6.45, 7) is 3.81. The molecule has 1 aromatic carbocycles. The topological polar surface area (TPSA) is 177 Å². The molecule has 2 atom stereocenters. The number of thiazole rings is 1. The van der Waals surface area contributed by atoms with Gasteiger partial charge in [0, 0.05) is 24.9 Å². The average Bonchev–Trinajstić information content (AvgIpc) is 3.78. The van der Waals surface area contributed by atoms with Gasteiger partial charge in [-0.3, -0.25) is 19.2 Å². The summed E-state index contributed by atoms with van der Waals surface area (Å²) < 4.78 is 7.23. The van der Waals surface area contributed by atoms with Crippen molar-refractivity contribution < 1.29 is 23.6 Å². The molecule has 14 nitrogen and oxygen atoms in total. The number of oxazole rings is 1. The van der Waals surface area contributed by atoms with Crippen LogP contribution in [0.4, 0.5) is 0 Å². The van der Waals surface area contributed by atoms with Crippen LogP contribution in [0.25, 0.3) is 0 Å².